The average Bonchev–Trinajstić information content (AvgIpc) is 3.12. The maximum absolute atomic E-state index is 13.4. The van der Waals surface area contributed by atoms with Gasteiger partial charge in [-0.25, -0.2) is 4.39 Å². The summed E-state index contributed by atoms with van der Waals surface area (Å²) >= 11 is 0. The lowest BCUT2D eigenvalue weighted by Crippen LogP contribution is -2.06. The average molecular weight is 239 g/mol. The number of hydrogen-bond donors (Lipinski definition) is 1. The van der Waals surface area contributed by atoms with Crippen molar-refractivity contribution in [2.75, 3.05) is 13.7 Å². The van der Waals surface area contributed by atoms with Crippen LogP contribution in [0.15, 0.2) is 12.1 Å². The lowest BCUT2D eigenvalue weighted by atomic mass is 10.1. The van der Waals surface area contributed by atoms with Crippen molar-refractivity contribution in [2.45, 2.75) is 31.8 Å². The van der Waals surface area contributed by atoms with Gasteiger partial charge in [0.05, 0.1) is 13.2 Å². The molecule has 0 atom stereocenters. The van der Waals surface area contributed by atoms with E-state index in [2.05, 4.69) is 0 Å². The van der Waals surface area contributed by atoms with Gasteiger partial charge in [-0.15, -0.1) is 0 Å². The molecule has 1 fully saturated rings. The summed E-state index contributed by atoms with van der Waals surface area (Å²) in [7, 11) is 1.53. The van der Waals surface area contributed by atoms with Crippen LogP contribution in [0, 0.1) is 5.82 Å². The first-order valence-electron chi connectivity index (χ1n) is 5.97. The van der Waals surface area contributed by atoms with Crippen molar-refractivity contribution in [3.8, 4) is 11.5 Å². The Bertz CT molecular complexity index is 391. The molecule has 0 spiro atoms. The first-order chi connectivity index (χ1) is 8.24. The van der Waals surface area contributed by atoms with Crippen LogP contribution < -0.4 is 15.2 Å². The third-order valence-corrected chi connectivity index (χ3v) is 2.78. The molecule has 2 rings (SSSR count). The predicted molar refractivity (Wildman–Crippen MR) is 64.0 cm³/mol. The number of hydrogen-bond acceptors (Lipinski definition) is 3. The van der Waals surface area contributed by atoms with Gasteiger partial charge in [-0.2, -0.15) is 0 Å². The maximum atomic E-state index is 13.4. The number of ether oxygens (including phenoxy) is 2. The Morgan fingerprint density at radius 2 is 2.18 bits per heavy atom. The van der Waals surface area contributed by atoms with E-state index in [1.807, 2.05) is 0 Å². The highest BCUT2D eigenvalue weighted by Gasteiger charge is 2.26. The zero-order valence-electron chi connectivity index (χ0n) is 10.0. The Morgan fingerprint density at radius 1 is 1.41 bits per heavy atom. The van der Waals surface area contributed by atoms with E-state index in [0.717, 1.165) is 24.8 Å². The van der Waals surface area contributed by atoms with Crippen molar-refractivity contribution in [3.05, 3.63) is 23.5 Å². The molecule has 1 aliphatic rings. The number of nitrogens with two attached hydrogens (primary N) is 1. The molecule has 1 aliphatic carbocycles. The Hall–Kier alpha value is -1.29. The highest BCUT2D eigenvalue weighted by molar-refractivity contribution is 5.47. The molecule has 3 nitrogen and oxygen atoms in total. The molecule has 0 bridgehead atoms. The Balaban J connectivity index is 2.26. The topological polar surface area (TPSA) is 44.5 Å². The van der Waals surface area contributed by atoms with Crippen molar-refractivity contribution in [2.24, 2.45) is 5.73 Å². The van der Waals surface area contributed by atoms with Gasteiger partial charge < -0.3 is 15.2 Å². The van der Waals surface area contributed by atoms with Crippen molar-refractivity contribution < 1.29 is 13.9 Å². The van der Waals surface area contributed by atoms with Crippen LogP contribution in [0.25, 0.3) is 0 Å². The molecule has 0 radical (unpaired) electrons. The van der Waals surface area contributed by atoms with E-state index in [1.165, 1.54) is 19.2 Å². The molecule has 1 aromatic rings. The Kier molecular flexibility index (Phi) is 3.84. The molecule has 0 unspecified atom stereocenters. The molecule has 1 aromatic carbocycles. The minimum absolute atomic E-state index is 0.269. The molecule has 94 valence electrons. The van der Waals surface area contributed by atoms with Gasteiger partial charge in [-0.05, 0) is 38.3 Å². The van der Waals surface area contributed by atoms with Crippen molar-refractivity contribution >= 4 is 0 Å². The van der Waals surface area contributed by atoms with Crippen LogP contribution in [0.1, 0.15) is 24.8 Å². The molecular formula is C13H18FNO2. The fourth-order valence-electron chi connectivity index (χ4n) is 1.74. The van der Waals surface area contributed by atoms with Crippen molar-refractivity contribution in [3.63, 3.8) is 0 Å². The minimum Gasteiger partial charge on any atom is -0.493 e. The molecule has 4 heteroatoms. The van der Waals surface area contributed by atoms with E-state index >= 15 is 0 Å². The van der Waals surface area contributed by atoms with Crippen LogP contribution in [0.5, 0.6) is 11.5 Å². The second-order valence-electron chi connectivity index (χ2n) is 4.31. The van der Waals surface area contributed by atoms with E-state index in [0.29, 0.717) is 24.5 Å². The summed E-state index contributed by atoms with van der Waals surface area (Å²) < 4.78 is 24.4. The van der Waals surface area contributed by atoms with Crippen LogP contribution in [-0.2, 0) is 6.42 Å². The van der Waals surface area contributed by atoms with Crippen LogP contribution in [-0.4, -0.2) is 19.8 Å². The van der Waals surface area contributed by atoms with Crippen LogP contribution in [0.2, 0.25) is 0 Å². The van der Waals surface area contributed by atoms with E-state index < -0.39 is 0 Å². The van der Waals surface area contributed by atoms with Gasteiger partial charge >= 0.3 is 0 Å². The normalized spacial score (nSPS) is 14.8. The predicted octanol–water partition coefficient (Wildman–Crippen LogP) is 2.27. The SMILES string of the molecule is COc1cc(F)cc(CCCN)c1OC1CC1. The van der Waals surface area contributed by atoms with Crippen LogP contribution in [0.3, 0.4) is 0 Å². The quantitative estimate of drug-likeness (QED) is 0.828. The molecule has 0 aliphatic heterocycles. The standard InChI is InChI=1S/C13H18FNO2/c1-16-12-8-10(14)7-9(3-2-6-15)13(12)17-11-4-5-11/h7-8,11H,2-6,15H2,1H3. The number of rotatable bonds is 6. The molecule has 0 amide bonds. The van der Waals surface area contributed by atoms with Gasteiger partial charge in [0.1, 0.15) is 5.82 Å². The molecule has 1 saturated carbocycles. The highest BCUT2D eigenvalue weighted by Crippen LogP contribution is 2.37. The van der Waals surface area contributed by atoms with E-state index in [1.54, 1.807) is 0 Å². The zero-order valence-corrected chi connectivity index (χ0v) is 10.0. The number of benzene rings is 1. The van der Waals surface area contributed by atoms with Gasteiger partial charge in [-0.1, -0.05) is 0 Å². The summed E-state index contributed by atoms with van der Waals surface area (Å²) in [5.41, 5.74) is 6.33. The molecule has 0 saturated heterocycles. The lowest BCUT2D eigenvalue weighted by Gasteiger charge is -2.15. The fraction of sp³-hybridized carbons (Fsp3) is 0.538. The first kappa shape index (κ1) is 12.2. The van der Waals surface area contributed by atoms with Gasteiger partial charge in [0, 0.05) is 11.6 Å². The summed E-state index contributed by atoms with van der Waals surface area (Å²) in [6.07, 6.45) is 3.93. The van der Waals surface area contributed by atoms with Crippen molar-refractivity contribution in [1.82, 2.24) is 0 Å². The highest BCUT2D eigenvalue weighted by atomic mass is 19.1. The van der Waals surface area contributed by atoms with E-state index in [4.69, 9.17) is 15.2 Å². The molecule has 0 aromatic heterocycles. The lowest BCUT2D eigenvalue weighted by molar-refractivity contribution is 0.277. The van der Waals surface area contributed by atoms with E-state index in [9.17, 15) is 4.39 Å². The Morgan fingerprint density at radius 3 is 2.76 bits per heavy atom. The zero-order chi connectivity index (χ0) is 12.3. The number of methoxy groups -OCH3 is 1. The summed E-state index contributed by atoms with van der Waals surface area (Å²) in [6, 6.07) is 2.87. The maximum Gasteiger partial charge on any atom is 0.164 e. The number of halogens is 1. The molecule has 0 heterocycles. The van der Waals surface area contributed by atoms with Crippen molar-refractivity contribution in [1.29, 1.82) is 0 Å². The number of aryl methyl sites for hydroxylation is 1. The summed E-state index contributed by atoms with van der Waals surface area (Å²) in [6.45, 7) is 0.585. The molecule has 2 N–H and O–H groups in total. The van der Waals surface area contributed by atoms with Gasteiger partial charge in [0.15, 0.2) is 11.5 Å². The smallest absolute Gasteiger partial charge is 0.164 e. The summed E-state index contributed by atoms with van der Waals surface area (Å²) in [5, 5.41) is 0. The summed E-state index contributed by atoms with van der Waals surface area (Å²) in [4.78, 5) is 0. The first-order valence-corrected chi connectivity index (χ1v) is 5.97. The van der Waals surface area contributed by atoms with Crippen LogP contribution >= 0.6 is 0 Å². The Labute approximate surface area is 101 Å². The third-order valence-electron chi connectivity index (χ3n) is 2.78. The van der Waals surface area contributed by atoms with Gasteiger partial charge in [0.2, 0.25) is 0 Å². The fourth-order valence-corrected chi connectivity index (χ4v) is 1.74. The van der Waals surface area contributed by atoms with Gasteiger partial charge in [-0.3, -0.25) is 0 Å². The molecule has 17 heavy (non-hydrogen) atoms. The minimum atomic E-state index is -0.294. The molecular weight excluding hydrogens is 221 g/mol. The summed E-state index contributed by atoms with van der Waals surface area (Å²) in [5.74, 6) is 0.866. The largest absolute Gasteiger partial charge is 0.493 e. The van der Waals surface area contributed by atoms with Crippen LogP contribution in [0.4, 0.5) is 4.39 Å². The monoisotopic (exact) mass is 239 g/mol. The van der Waals surface area contributed by atoms with E-state index in [-0.39, 0.29) is 11.9 Å². The third kappa shape index (κ3) is 3.09. The van der Waals surface area contributed by atoms with Gasteiger partial charge in [0.25, 0.3) is 0 Å². The second kappa shape index (κ2) is 5.36. The second-order valence-corrected chi connectivity index (χ2v) is 4.31.